The first-order chi connectivity index (χ1) is 10.2. The highest BCUT2D eigenvalue weighted by atomic mass is 35.5. The number of nitrogens with zero attached hydrogens (tertiary/aromatic N) is 3. The standard InChI is InChI=1S/C16H20ClN3S/c1-21-5-4-20-14-2-3-15(20)8-16(7-14,11-18)12-6-13(17)10-19-9-12/h6,9-10,14-15H,2-5,7-8H2,1H3/t14-,15+,16?. The van der Waals surface area contributed by atoms with Gasteiger partial charge in [-0.1, -0.05) is 11.6 Å². The minimum absolute atomic E-state index is 0.403. The van der Waals surface area contributed by atoms with Gasteiger partial charge in [0.25, 0.3) is 0 Å². The Bertz CT molecular complexity index is 543. The van der Waals surface area contributed by atoms with Gasteiger partial charge in [0.2, 0.25) is 0 Å². The van der Waals surface area contributed by atoms with Crippen LogP contribution in [0.4, 0.5) is 0 Å². The maximum absolute atomic E-state index is 9.87. The number of pyridine rings is 1. The molecule has 3 rings (SSSR count). The third kappa shape index (κ3) is 2.79. The molecule has 0 spiro atoms. The van der Waals surface area contributed by atoms with Gasteiger partial charge in [-0.3, -0.25) is 9.88 Å². The number of aromatic nitrogens is 1. The van der Waals surface area contributed by atoms with Gasteiger partial charge in [-0.25, -0.2) is 0 Å². The van der Waals surface area contributed by atoms with Crippen LogP contribution < -0.4 is 0 Å². The molecule has 0 aromatic carbocycles. The van der Waals surface area contributed by atoms with E-state index in [1.807, 2.05) is 24.0 Å². The molecule has 0 N–H and O–H groups in total. The minimum Gasteiger partial charge on any atom is -0.296 e. The number of nitriles is 1. The second-order valence-electron chi connectivity index (χ2n) is 6.11. The number of hydrogen-bond acceptors (Lipinski definition) is 4. The summed E-state index contributed by atoms with van der Waals surface area (Å²) in [6.07, 6.45) is 9.88. The molecule has 2 fully saturated rings. The van der Waals surface area contributed by atoms with Crippen LogP contribution in [0.2, 0.25) is 5.02 Å². The molecule has 0 amide bonds. The molecule has 5 heteroatoms. The van der Waals surface area contributed by atoms with Crippen molar-refractivity contribution >= 4 is 23.4 Å². The molecule has 2 bridgehead atoms. The predicted octanol–water partition coefficient (Wildman–Crippen LogP) is 3.49. The Hall–Kier alpha value is -0.760. The van der Waals surface area contributed by atoms with E-state index in [2.05, 4.69) is 22.2 Å². The van der Waals surface area contributed by atoms with Gasteiger partial charge in [0.1, 0.15) is 0 Å². The topological polar surface area (TPSA) is 39.9 Å². The van der Waals surface area contributed by atoms with Crippen LogP contribution in [0.1, 0.15) is 31.2 Å². The predicted molar refractivity (Wildman–Crippen MR) is 87.7 cm³/mol. The Labute approximate surface area is 135 Å². The molecule has 112 valence electrons. The van der Waals surface area contributed by atoms with Gasteiger partial charge in [-0.2, -0.15) is 17.0 Å². The molecule has 1 aromatic heterocycles. The minimum atomic E-state index is -0.403. The van der Waals surface area contributed by atoms with Crippen LogP contribution in [0.5, 0.6) is 0 Å². The van der Waals surface area contributed by atoms with Gasteiger partial charge in [0, 0.05) is 36.8 Å². The zero-order valence-electron chi connectivity index (χ0n) is 12.3. The van der Waals surface area contributed by atoms with Crippen molar-refractivity contribution in [2.45, 2.75) is 43.2 Å². The van der Waals surface area contributed by atoms with Gasteiger partial charge in [0.15, 0.2) is 0 Å². The van der Waals surface area contributed by atoms with Crippen molar-refractivity contribution in [3.8, 4) is 6.07 Å². The molecular weight excluding hydrogens is 302 g/mol. The van der Waals surface area contributed by atoms with Gasteiger partial charge < -0.3 is 0 Å². The van der Waals surface area contributed by atoms with E-state index in [1.54, 1.807) is 6.20 Å². The second kappa shape index (κ2) is 6.16. The molecule has 0 aliphatic carbocycles. The highest BCUT2D eigenvalue weighted by molar-refractivity contribution is 7.98. The largest absolute Gasteiger partial charge is 0.296 e. The number of fused-ring (bicyclic) bond motifs is 2. The van der Waals surface area contributed by atoms with Crippen LogP contribution >= 0.6 is 23.4 Å². The quantitative estimate of drug-likeness (QED) is 0.851. The summed E-state index contributed by atoms with van der Waals surface area (Å²) in [4.78, 5) is 6.82. The lowest BCUT2D eigenvalue weighted by Crippen LogP contribution is -2.49. The third-order valence-electron chi connectivity index (χ3n) is 4.96. The van der Waals surface area contributed by atoms with Crippen molar-refractivity contribution in [1.29, 1.82) is 5.26 Å². The number of piperidine rings is 1. The maximum Gasteiger partial charge on any atom is 0.0867 e. The van der Waals surface area contributed by atoms with E-state index in [-0.39, 0.29) is 0 Å². The average Bonchev–Trinajstić information content (AvgIpc) is 2.74. The first kappa shape index (κ1) is 15.1. The molecular formula is C16H20ClN3S. The molecule has 0 radical (unpaired) electrons. The molecule has 2 aliphatic heterocycles. The van der Waals surface area contributed by atoms with Crippen LogP contribution in [0.15, 0.2) is 18.5 Å². The van der Waals surface area contributed by atoms with Crippen molar-refractivity contribution in [2.24, 2.45) is 0 Å². The highest BCUT2D eigenvalue weighted by Crippen LogP contribution is 2.47. The Morgan fingerprint density at radius 2 is 2.14 bits per heavy atom. The van der Waals surface area contributed by atoms with Crippen LogP contribution in [0.25, 0.3) is 0 Å². The van der Waals surface area contributed by atoms with Crippen LogP contribution in [0.3, 0.4) is 0 Å². The van der Waals surface area contributed by atoms with Crippen molar-refractivity contribution in [1.82, 2.24) is 9.88 Å². The molecule has 0 saturated carbocycles. The summed E-state index contributed by atoms with van der Waals surface area (Å²) in [5, 5.41) is 10.5. The molecule has 1 unspecified atom stereocenters. The highest BCUT2D eigenvalue weighted by Gasteiger charge is 2.49. The van der Waals surface area contributed by atoms with E-state index >= 15 is 0 Å². The summed E-state index contributed by atoms with van der Waals surface area (Å²) >= 11 is 7.98. The van der Waals surface area contributed by atoms with E-state index in [1.165, 1.54) is 18.6 Å². The van der Waals surface area contributed by atoms with Crippen molar-refractivity contribution in [2.75, 3.05) is 18.6 Å². The Kier molecular flexibility index (Phi) is 4.44. The number of hydrogen-bond donors (Lipinski definition) is 0. The normalized spacial score (nSPS) is 32.0. The average molecular weight is 322 g/mol. The van der Waals surface area contributed by atoms with Gasteiger partial charge >= 0.3 is 0 Å². The summed E-state index contributed by atoms with van der Waals surface area (Å²) in [6, 6.07) is 5.61. The fourth-order valence-electron chi connectivity index (χ4n) is 3.97. The number of thioether (sulfide) groups is 1. The monoisotopic (exact) mass is 321 g/mol. The lowest BCUT2D eigenvalue weighted by atomic mass is 9.71. The summed E-state index contributed by atoms with van der Waals surface area (Å²) in [7, 11) is 0. The summed E-state index contributed by atoms with van der Waals surface area (Å²) < 4.78 is 0. The van der Waals surface area contributed by atoms with E-state index in [9.17, 15) is 5.26 Å². The first-order valence-electron chi connectivity index (χ1n) is 7.45. The lowest BCUT2D eigenvalue weighted by Gasteiger charge is -2.43. The smallest absolute Gasteiger partial charge is 0.0867 e. The van der Waals surface area contributed by atoms with E-state index in [4.69, 9.17) is 11.6 Å². The Balaban J connectivity index is 1.86. The van der Waals surface area contributed by atoms with Gasteiger partial charge in [-0.05, 0) is 43.6 Å². The van der Waals surface area contributed by atoms with Crippen LogP contribution in [-0.4, -0.2) is 40.5 Å². The molecule has 3 heterocycles. The molecule has 2 aliphatic rings. The first-order valence-corrected chi connectivity index (χ1v) is 9.23. The van der Waals surface area contributed by atoms with Gasteiger partial charge in [0.05, 0.1) is 16.5 Å². The number of rotatable bonds is 4. The fraction of sp³-hybridized carbons (Fsp3) is 0.625. The fourth-order valence-corrected chi connectivity index (χ4v) is 4.54. The van der Waals surface area contributed by atoms with E-state index in [0.717, 1.165) is 24.9 Å². The zero-order valence-corrected chi connectivity index (χ0v) is 13.8. The van der Waals surface area contributed by atoms with Crippen molar-refractivity contribution in [3.05, 3.63) is 29.0 Å². The number of halogens is 1. The van der Waals surface area contributed by atoms with Crippen molar-refractivity contribution < 1.29 is 0 Å². The van der Waals surface area contributed by atoms with Crippen molar-refractivity contribution in [3.63, 3.8) is 0 Å². The van der Waals surface area contributed by atoms with E-state index < -0.39 is 5.41 Å². The maximum atomic E-state index is 9.87. The summed E-state index contributed by atoms with van der Waals surface area (Å²) in [6.45, 7) is 1.14. The molecule has 3 nitrogen and oxygen atoms in total. The second-order valence-corrected chi connectivity index (χ2v) is 7.53. The Morgan fingerprint density at radius 3 is 2.71 bits per heavy atom. The van der Waals surface area contributed by atoms with E-state index in [0.29, 0.717) is 17.1 Å². The molecule has 3 atom stereocenters. The van der Waals surface area contributed by atoms with Gasteiger partial charge in [-0.15, -0.1) is 0 Å². The van der Waals surface area contributed by atoms with Crippen LogP contribution in [0, 0.1) is 11.3 Å². The Morgan fingerprint density at radius 1 is 1.43 bits per heavy atom. The lowest BCUT2D eigenvalue weighted by molar-refractivity contribution is 0.113. The summed E-state index contributed by atoms with van der Waals surface area (Å²) in [5.41, 5.74) is 0.596. The summed E-state index contributed by atoms with van der Waals surface area (Å²) in [5.74, 6) is 1.17. The molecule has 2 saturated heterocycles. The molecule has 1 aromatic rings. The SMILES string of the molecule is CSCCN1[C@@H]2CC[C@H]1CC(C#N)(c1cncc(Cl)c1)C2. The third-order valence-corrected chi connectivity index (χ3v) is 5.76. The zero-order chi connectivity index (χ0) is 14.9. The van der Waals surface area contributed by atoms with Crippen LogP contribution in [-0.2, 0) is 5.41 Å². The molecule has 21 heavy (non-hydrogen) atoms.